The lowest BCUT2D eigenvalue weighted by molar-refractivity contribution is 0.230. The Hall–Kier alpha value is -1.84. The first kappa shape index (κ1) is 20.9. The van der Waals surface area contributed by atoms with Crippen LogP contribution < -0.4 is 9.80 Å². The van der Waals surface area contributed by atoms with Crippen LogP contribution in [0.25, 0.3) is 0 Å². The van der Waals surface area contributed by atoms with E-state index in [0.29, 0.717) is 17.4 Å². The third-order valence-electron chi connectivity index (χ3n) is 5.60. The van der Waals surface area contributed by atoms with Crippen molar-refractivity contribution in [1.82, 2.24) is 14.8 Å². The van der Waals surface area contributed by atoms with E-state index >= 15 is 0 Å². The number of pyridine rings is 1. The first-order chi connectivity index (χ1) is 13.5. The van der Waals surface area contributed by atoms with Crippen LogP contribution in [0.4, 0.5) is 11.6 Å². The zero-order valence-corrected chi connectivity index (χ0v) is 18.1. The molecule has 28 heavy (non-hydrogen) atoms. The highest BCUT2D eigenvalue weighted by Crippen LogP contribution is 2.24. The molecule has 0 N–H and O–H groups in total. The summed E-state index contributed by atoms with van der Waals surface area (Å²) in [6, 6.07) is 6.33. The number of hydrogen-bond acceptors (Lipinski definition) is 6. The van der Waals surface area contributed by atoms with Crippen molar-refractivity contribution in [2.24, 2.45) is 11.8 Å². The van der Waals surface area contributed by atoms with E-state index in [0.717, 1.165) is 70.5 Å². The van der Waals surface area contributed by atoms with Crippen LogP contribution in [0.5, 0.6) is 0 Å². The molecule has 0 bridgehead atoms. The first-order valence-corrected chi connectivity index (χ1v) is 10.8. The van der Waals surface area contributed by atoms with E-state index in [1.54, 1.807) is 0 Å². The number of anilines is 2. The number of hydrogen-bond donors (Lipinski definition) is 0. The molecule has 154 valence electrons. The number of piperazine rings is 2. The number of nitriles is 1. The van der Waals surface area contributed by atoms with Crippen molar-refractivity contribution in [3.05, 3.63) is 17.7 Å². The lowest BCUT2D eigenvalue weighted by atomic mass is 10.1. The molecule has 0 aliphatic carbocycles. The third kappa shape index (κ3) is 5.36. The fraction of sp³-hybridized carbons (Fsp3) is 0.727. The molecule has 0 spiro atoms. The molecule has 6 nitrogen and oxygen atoms in total. The van der Waals surface area contributed by atoms with Crippen molar-refractivity contribution in [1.29, 1.82) is 5.26 Å². The Kier molecular flexibility index (Phi) is 7.14. The zero-order chi connectivity index (χ0) is 20.1. The van der Waals surface area contributed by atoms with Gasteiger partial charge in [-0.25, -0.2) is 4.98 Å². The Balaban J connectivity index is 1.66. The van der Waals surface area contributed by atoms with Gasteiger partial charge >= 0.3 is 0 Å². The molecule has 0 unspecified atom stereocenters. The molecule has 1 aromatic rings. The predicted molar refractivity (Wildman–Crippen MR) is 116 cm³/mol. The number of aromatic nitrogens is 1. The summed E-state index contributed by atoms with van der Waals surface area (Å²) in [7, 11) is 0. The minimum Gasteiger partial charge on any atom is -0.354 e. The fourth-order valence-electron chi connectivity index (χ4n) is 4.28. The van der Waals surface area contributed by atoms with Crippen molar-refractivity contribution >= 4 is 11.6 Å². The van der Waals surface area contributed by atoms with Crippen LogP contribution in [0.3, 0.4) is 0 Å². The van der Waals surface area contributed by atoms with E-state index < -0.39 is 0 Å². The van der Waals surface area contributed by atoms with Gasteiger partial charge in [0, 0.05) is 65.4 Å². The third-order valence-corrected chi connectivity index (χ3v) is 5.60. The van der Waals surface area contributed by atoms with Gasteiger partial charge in [0.25, 0.3) is 0 Å². The van der Waals surface area contributed by atoms with Crippen LogP contribution >= 0.6 is 0 Å². The quantitative estimate of drug-likeness (QED) is 0.751. The van der Waals surface area contributed by atoms with Crippen LogP contribution in [-0.4, -0.2) is 80.2 Å². The molecule has 2 fully saturated rings. The number of rotatable bonds is 6. The summed E-state index contributed by atoms with van der Waals surface area (Å²) in [5, 5.41) is 9.59. The lowest BCUT2D eigenvalue weighted by Crippen LogP contribution is -2.49. The molecule has 2 saturated heterocycles. The van der Waals surface area contributed by atoms with Gasteiger partial charge in [0.05, 0.1) is 5.56 Å². The fourth-order valence-corrected chi connectivity index (χ4v) is 4.28. The molecular weight excluding hydrogens is 348 g/mol. The molecular formula is C22H36N6. The van der Waals surface area contributed by atoms with Crippen LogP contribution in [0.1, 0.15) is 33.3 Å². The summed E-state index contributed by atoms with van der Waals surface area (Å²) in [4.78, 5) is 14.7. The van der Waals surface area contributed by atoms with E-state index in [1.165, 1.54) is 6.54 Å². The van der Waals surface area contributed by atoms with Crippen molar-refractivity contribution in [3.63, 3.8) is 0 Å². The Morgan fingerprint density at radius 2 is 1.32 bits per heavy atom. The van der Waals surface area contributed by atoms with Gasteiger partial charge in [-0.3, -0.25) is 9.80 Å². The summed E-state index contributed by atoms with van der Waals surface area (Å²) in [5.41, 5.74) is 0.694. The summed E-state index contributed by atoms with van der Waals surface area (Å²) >= 11 is 0. The van der Waals surface area contributed by atoms with Crippen molar-refractivity contribution in [3.8, 4) is 6.07 Å². The first-order valence-electron chi connectivity index (χ1n) is 10.8. The molecule has 0 atom stereocenters. The van der Waals surface area contributed by atoms with E-state index in [-0.39, 0.29) is 0 Å². The summed E-state index contributed by atoms with van der Waals surface area (Å²) in [6.07, 6.45) is 0. The Bertz CT molecular complexity index is 664. The van der Waals surface area contributed by atoms with Gasteiger partial charge in [0.2, 0.25) is 0 Å². The predicted octanol–water partition coefficient (Wildman–Crippen LogP) is 2.51. The van der Waals surface area contributed by atoms with Crippen LogP contribution in [-0.2, 0) is 0 Å². The highest BCUT2D eigenvalue weighted by atomic mass is 15.3. The Morgan fingerprint density at radius 3 is 1.79 bits per heavy atom. The second kappa shape index (κ2) is 9.58. The maximum atomic E-state index is 9.59. The normalized spacial score (nSPS) is 19.5. The van der Waals surface area contributed by atoms with Gasteiger partial charge in [0.1, 0.15) is 17.7 Å². The van der Waals surface area contributed by atoms with Crippen LogP contribution in [0.15, 0.2) is 12.1 Å². The second-order valence-corrected chi connectivity index (χ2v) is 9.02. The highest BCUT2D eigenvalue weighted by Gasteiger charge is 2.23. The highest BCUT2D eigenvalue weighted by molar-refractivity contribution is 5.59. The van der Waals surface area contributed by atoms with E-state index in [1.807, 2.05) is 12.1 Å². The molecule has 0 saturated carbocycles. The zero-order valence-electron chi connectivity index (χ0n) is 18.1. The maximum absolute atomic E-state index is 9.59. The largest absolute Gasteiger partial charge is 0.354 e. The molecule has 1 aromatic heterocycles. The minimum absolute atomic E-state index is 0.692. The summed E-state index contributed by atoms with van der Waals surface area (Å²) in [6.45, 7) is 19.6. The summed E-state index contributed by atoms with van der Waals surface area (Å²) in [5.74, 6) is 3.29. The topological polar surface area (TPSA) is 49.6 Å². The smallest absolute Gasteiger partial charge is 0.149 e. The van der Waals surface area contributed by atoms with Crippen LogP contribution in [0.2, 0.25) is 0 Å². The molecule has 6 heteroatoms. The van der Waals surface area contributed by atoms with Gasteiger partial charge in [-0.2, -0.15) is 5.26 Å². The Labute approximate surface area is 170 Å². The molecule has 0 radical (unpaired) electrons. The summed E-state index contributed by atoms with van der Waals surface area (Å²) < 4.78 is 0. The molecule has 0 aromatic carbocycles. The molecule has 2 aliphatic heterocycles. The van der Waals surface area contributed by atoms with Crippen LogP contribution in [0, 0.1) is 23.2 Å². The van der Waals surface area contributed by atoms with Gasteiger partial charge in [-0.15, -0.1) is 0 Å². The van der Waals surface area contributed by atoms with Gasteiger partial charge in [-0.05, 0) is 24.0 Å². The van der Waals surface area contributed by atoms with Crippen molar-refractivity contribution in [2.45, 2.75) is 27.7 Å². The van der Waals surface area contributed by atoms with Crippen molar-refractivity contribution < 1.29 is 0 Å². The molecule has 0 amide bonds. The van der Waals surface area contributed by atoms with E-state index in [2.05, 4.69) is 53.4 Å². The molecule has 2 aliphatic rings. The standard InChI is InChI=1S/C22H36N6/c1-18(2)16-25-7-11-27(12-8-25)21-6-5-20(15-23)22(24-21)28-13-9-26(10-14-28)17-19(3)4/h5-6,18-19H,7-14,16-17H2,1-4H3. The SMILES string of the molecule is CC(C)CN1CCN(c2ccc(C#N)c(N3CCN(CC(C)C)CC3)n2)CC1. The van der Waals surface area contributed by atoms with Gasteiger partial charge in [-0.1, -0.05) is 27.7 Å². The average Bonchev–Trinajstić information content (AvgIpc) is 2.68. The second-order valence-electron chi connectivity index (χ2n) is 9.02. The van der Waals surface area contributed by atoms with Crippen molar-refractivity contribution in [2.75, 3.05) is 75.2 Å². The molecule has 3 heterocycles. The van der Waals surface area contributed by atoms with Gasteiger partial charge < -0.3 is 9.80 Å². The lowest BCUT2D eigenvalue weighted by Gasteiger charge is -2.38. The van der Waals surface area contributed by atoms with E-state index in [4.69, 9.17) is 4.98 Å². The monoisotopic (exact) mass is 384 g/mol. The molecule has 3 rings (SSSR count). The minimum atomic E-state index is 0.692. The average molecular weight is 385 g/mol. The van der Waals surface area contributed by atoms with E-state index in [9.17, 15) is 5.26 Å². The Morgan fingerprint density at radius 1 is 0.821 bits per heavy atom. The van der Waals surface area contributed by atoms with Gasteiger partial charge in [0.15, 0.2) is 0 Å². The number of nitrogens with zero attached hydrogens (tertiary/aromatic N) is 6. The maximum Gasteiger partial charge on any atom is 0.149 e.